The highest BCUT2D eigenvalue weighted by atomic mass is 15.2. The second kappa shape index (κ2) is 6.43. The van der Waals surface area contributed by atoms with Crippen molar-refractivity contribution in [2.45, 2.75) is 25.7 Å². The number of aromatic nitrogens is 1. The van der Waals surface area contributed by atoms with Crippen LogP contribution in [0.2, 0.25) is 0 Å². The topological polar surface area (TPSA) is 69.2 Å². The van der Waals surface area contributed by atoms with E-state index in [1.165, 1.54) is 45.3 Å². The normalized spacial score (nSPS) is 20.9. The van der Waals surface area contributed by atoms with Gasteiger partial charge >= 0.3 is 0 Å². The third kappa shape index (κ3) is 3.35. The Balaban J connectivity index is 1.59. The predicted molar refractivity (Wildman–Crippen MR) is 85.9 cm³/mol. The van der Waals surface area contributed by atoms with Crippen molar-refractivity contribution in [1.29, 1.82) is 5.41 Å². The second-order valence-corrected chi connectivity index (χ2v) is 6.23. The van der Waals surface area contributed by atoms with Crippen LogP contribution in [0.3, 0.4) is 0 Å². The first-order chi connectivity index (χ1) is 10.2. The standard InChI is InChI=1S/C16H25N5/c17-15(18)14-4-3-7-19-16(14)21-10-5-13(6-11-21)12-20-8-1-2-9-20/h3-4,7,13H,1-2,5-6,8-12H2,(H3,17,18). The van der Waals surface area contributed by atoms with Crippen molar-refractivity contribution in [2.24, 2.45) is 11.7 Å². The van der Waals surface area contributed by atoms with Crippen LogP contribution in [0.15, 0.2) is 18.3 Å². The van der Waals surface area contributed by atoms with Gasteiger partial charge in [0.25, 0.3) is 0 Å². The Labute approximate surface area is 126 Å². The SMILES string of the molecule is N=C(N)c1cccnc1N1CCC(CN2CCCC2)CC1. The molecule has 0 amide bonds. The third-order valence-electron chi connectivity index (χ3n) is 4.71. The number of hydrogen-bond donors (Lipinski definition) is 2. The fourth-order valence-corrected chi connectivity index (χ4v) is 3.52. The van der Waals surface area contributed by atoms with E-state index in [9.17, 15) is 0 Å². The first-order valence-electron chi connectivity index (χ1n) is 8.01. The number of hydrogen-bond acceptors (Lipinski definition) is 4. The summed E-state index contributed by atoms with van der Waals surface area (Å²) < 4.78 is 0. The quantitative estimate of drug-likeness (QED) is 0.653. The molecule has 2 aliphatic rings. The van der Waals surface area contributed by atoms with E-state index >= 15 is 0 Å². The fourth-order valence-electron chi connectivity index (χ4n) is 3.52. The number of anilines is 1. The highest BCUT2D eigenvalue weighted by molar-refractivity contribution is 5.99. The van der Waals surface area contributed by atoms with Gasteiger partial charge in [-0.05, 0) is 56.8 Å². The molecule has 0 unspecified atom stereocenters. The van der Waals surface area contributed by atoms with Gasteiger partial charge in [0.05, 0.1) is 5.56 Å². The van der Waals surface area contributed by atoms with Crippen LogP contribution in [0.25, 0.3) is 0 Å². The van der Waals surface area contributed by atoms with E-state index in [-0.39, 0.29) is 5.84 Å². The molecule has 3 rings (SSSR count). The van der Waals surface area contributed by atoms with Gasteiger partial charge in [-0.2, -0.15) is 0 Å². The van der Waals surface area contributed by atoms with Crippen molar-refractivity contribution in [3.8, 4) is 0 Å². The smallest absolute Gasteiger partial charge is 0.139 e. The molecule has 5 heteroatoms. The maximum atomic E-state index is 7.69. The molecule has 0 spiro atoms. The van der Waals surface area contributed by atoms with Crippen molar-refractivity contribution in [1.82, 2.24) is 9.88 Å². The summed E-state index contributed by atoms with van der Waals surface area (Å²) in [6.45, 7) is 5.88. The van der Waals surface area contributed by atoms with Crippen molar-refractivity contribution >= 4 is 11.7 Å². The number of nitrogens with two attached hydrogens (primary N) is 1. The van der Waals surface area contributed by atoms with Gasteiger partial charge in [0.1, 0.15) is 11.7 Å². The Kier molecular flexibility index (Phi) is 4.39. The summed E-state index contributed by atoms with van der Waals surface area (Å²) >= 11 is 0. The molecular weight excluding hydrogens is 262 g/mol. The van der Waals surface area contributed by atoms with Crippen molar-refractivity contribution in [2.75, 3.05) is 37.6 Å². The predicted octanol–water partition coefficient (Wildman–Crippen LogP) is 1.68. The summed E-state index contributed by atoms with van der Waals surface area (Å²) in [5.74, 6) is 1.80. The molecule has 1 aromatic heterocycles. The summed E-state index contributed by atoms with van der Waals surface area (Å²) in [7, 11) is 0. The molecule has 3 heterocycles. The van der Waals surface area contributed by atoms with Gasteiger partial charge < -0.3 is 15.5 Å². The van der Waals surface area contributed by atoms with Crippen molar-refractivity contribution in [3.05, 3.63) is 23.9 Å². The zero-order valence-electron chi connectivity index (χ0n) is 12.6. The molecule has 2 aliphatic heterocycles. The summed E-state index contributed by atoms with van der Waals surface area (Å²) in [4.78, 5) is 9.35. The van der Waals surface area contributed by atoms with Gasteiger partial charge in [-0.25, -0.2) is 4.98 Å². The van der Waals surface area contributed by atoms with Crippen molar-refractivity contribution in [3.63, 3.8) is 0 Å². The van der Waals surface area contributed by atoms with E-state index in [0.29, 0.717) is 0 Å². The van der Waals surface area contributed by atoms with Crippen LogP contribution in [0.4, 0.5) is 5.82 Å². The van der Waals surface area contributed by atoms with Gasteiger partial charge in [0.15, 0.2) is 0 Å². The molecule has 2 saturated heterocycles. The van der Waals surface area contributed by atoms with Crippen LogP contribution in [-0.4, -0.2) is 48.4 Å². The fraction of sp³-hybridized carbons (Fsp3) is 0.625. The average molecular weight is 287 g/mol. The van der Waals surface area contributed by atoms with Crippen LogP contribution in [0.5, 0.6) is 0 Å². The third-order valence-corrected chi connectivity index (χ3v) is 4.71. The molecule has 114 valence electrons. The van der Waals surface area contributed by atoms with Gasteiger partial charge in [-0.3, -0.25) is 5.41 Å². The molecule has 2 fully saturated rings. The Morgan fingerprint density at radius 1 is 1.24 bits per heavy atom. The lowest BCUT2D eigenvalue weighted by atomic mass is 9.96. The highest BCUT2D eigenvalue weighted by Gasteiger charge is 2.24. The molecule has 0 aromatic carbocycles. The van der Waals surface area contributed by atoms with E-state index < -0.39 is 0 Å². The molecule has 21 heavy (non-hydrogen) atoms. The highest BCUT2D eigenvalue weighted by Crippen LogP contribution is 2.25. The minimum absolute atomic E-state index is 0.109. The monoisotopic (exact) mass is 287 g/mol. The molecule has 1 aromatic rings. The minimum atomic E-state index is 0.109. The zero-order valence-corrected chi connectivity index (χ0v) is 12.6. The summed E-state index contributed by atoms with van der Waals surface area (Å²) in [6.07, 6.45) is 6.95. The number of nitrogens with zero attached hydrogens (tertiary/aromatic N) is 3. The lowest BCUT2D eigenvalue weighted by molar-refractivity contribution is 0.249. The Morgan fingerprint density at radius 3 is 2.62 bits per heavy atom. The van der Waals surface area contributed by atoms with Gasteiger partial charge in [-0.1, -0.05) is 0 Å². The van der Waals surface area contributed by atoms with E-state index in [2.05, 4.69) is 14.8 Å². The maximum Gasteiger partial charge on any atom is 0.139 e. The van der Waals surface area contributed by atoms with Gasteiger partial charge in [0.2, 0.25) is 0 Å². The lowest BCUT2D eigenvalue weighted by Gasteiger charge is -2.35. The summed E-state index contributed by atoms with van der Waals surface area (Å²) in [6, 6.07) is 3.74. The van der Waals surface area contributed by atoms with Gasteiger partial charge in [0, 0.05) is 25.8 Å². The lowest BCUT2D eigenvalue weighted by Crippen LogP contribution is -2.39. The molecular formula is C16H25N5. The number of likely N-dealkylation sites (tertiary alicyclic amines) is 1. The summed E-state index contributed by atoms with van der Waals surface area (Å²) in [5, 5.41) is 7.69. The Hall–Kier alpha value is -1.62. The minimum Gasteiger partial charge on any atom is -0.384 e. The number of pyridine rings is 1. The van der Waals surface area contributed by atoms with E-state index in [0.717, 1.165) is 30.4 Å². The zero-order chi connectivity index (χ0) is 14.7. The van der Waals surface area contributed by atoms with Crippen molar-refractivity contribution < 1.29 is 0 Å². The van der Waals surface area contributed by atoms with Crippen LogP contribution < -0.4 is 10.6 Å². The molecule has 0 aliphatic carbocycles. The average Bonchev–Trinajstić information content (AvgIpc) is 3.01. The maximum absolute atomic E-state index is 7.69. The second-order valence-electron chi connectivity index (χ2n) is 6.23. The molecule has 0 atom stereocenters. The van der Waals surface area contributed by atoms with E-state index in [1.54, 1.807) is 6.20 Å². The molecule has 0 bridgehead atoms. The van der Waals surface area contributed by atoms with Crippen LogP contribution >= 0.6 is 0 Å². The molecule has 0 radical (unpaired) electrons. The Bertz CT molecular complexity index is 487. The molecule has 0 saturated carbocycles. The van der Waals surface area contributed by atoms with Crippen LogP contribution in [-0.2, 0) is 0 Å². The van der Waals surface area contributed by atoms with Crippen LogP contribution in [0, 0.1) is 11.3 Å². The largest absolute Gasteiger partial charge is 0.384 e. The number of piperidine rings is 1. The van der Waals surface area contributed by atoms with Crippen LogP contribution in [0.1, 0.15) is 31.2 Å². The first-order valence-corrected chi connectivity index (χ1v) is 8.01. The number of nitrogens with one attached hydrogen (secondary N) is 1. The Morgan fingerprint density at radius 2 is 1.95 bits per heavy atom. The number of nitrogen functional groups attached to an aromatic ring is 1. The summed E-state index contributed by atoms with van der Waals surface area (Å²) in [5.41, 5.74) is 6.43. The van der Waals surface area contributed by atoms with E-state index in [1.807, 2.05) is 12.1 Å². The first kappa shape index (κ1) is 14.3. The van der Waals surface area contributed by atoms with Gasteiger partial charge in [-0.15, -0.1) is 0 Å². The number of amidine groups is 1. The van der Waals surface area contributed by atoms with E-state index in [4.69, 9.17) is 11.1 Å². The molecule has 5 nitrogen and oxygen atoms in total. The number of rotatable bonds is 4. The molecule has 3 N–H and O–H groups in total.